The predicted octanol–water partition coefficient (Wildman–Crippen LogP) is 6.05. The number of allylic oxidation sites excluding steroid dienone is 8. The molecule has 0 aromatic rings. The molecule has 0 amide bonds. The van der Waals surface area contributed by atoms with Gasteiger partial charge in [-0.25, -0.2) is 8.42 Å². The summed E-state index contributed by atoms with van der Waals surface area (Å²) in [7, 11) is -3.09. The van der Waals surface area contributed by atoms with Crippen LogP contribution in [0.25, 0.3) is 0 Å². The molecule has 4 atom stereocenters. The minimum Gasteiger partial charge on any atom is -0.393 e. The molecule has 0 bridgehead atoms. The van der Waals surface area contributed by atoms with Crippen molar-refractivity contribution in [2.24, 2.45) is 17.3 Å². The Bertz CT molecular complexity index is 916. The van der Waals surface area contributed by atoms with Crippen molar-refractivity contribution in [3.8, 4) is 0 Å². The van der Waals surface area contributed by atoms with Crippen LogP contribution in [0.5, 0.6) is 0 Å². The van der Waals surface area contributed by atoms with Gasteiger partial charge in [-0.3, -0.25) is 0 Å². The Balaban J connectivity index is 1.77. The Hall–Kier alpha value is -1.39. The fraction of sp³-hybridized carbons (Fsp3) is 0.615. The van der Waals surface area contributed by atoms with E-state index in [-0.39, 0.29) is 11.5 Å². The number of aliphatic hydroxyl groups is 1. The Morgan fingerprint density at radius 2 is 2.10 bits per heavy atom. The molecule has 0 aliphatic heterocycles. The van der Waals surface area contributed by atoms with Gasteiger partial charge in [0.15, 0.2) is 9.84 Å². The van der Waals surface area contributed by atoms with Crippen LogP contribution in [0.15, 0.2) is 58.1 Å². The van der Waals surface area contributed by atoms with Crippen LogP contribution in [0.2, 0.25) is 0 Å². The molecule has 30 heavy (non-hydrogen) atoms. The van der Waals surface area contributed by atoms with Crippen LogP contribution >= 0.6 is 0 Å². The molecule has 3 aliphatic carbocycles. The number of aliphatic hydroxyl groups excluding tert-OH is 1. The molecule has 2 fully saturated rings. The largest absolute Gasteiger partial charge is 0.393 e. The van der Waals surface area contributed by atoms with Crippen LogP contribution in [-0.2, 0) is 9.84 Å². The van der Waals surface area contributed by atoms with Gasteiger partial charge < -0.3 is 5.11 Å². The van der Waals surface area contributed by atoms with Crippen LogP contribution in [0.3, 0.4) is 0 Å². The van der Waals surface area contributed by atoms with Gasteiger partial charge in [-0.1, -0.05) is 61.4 Å². The number of hydrogen-bond acceptors (Lipinski definition) is 3. The molecule has 0 aromatic heterocycles. The van der Waals surface area contributed by atoms with E-state index >= 15 is 0 Å². The SMILES string of the molecule is C=C1CC[C@H](O)C/C1=C/C=C1\CCC[C@]2(C)C(C(C)C/C=C(\C)S(C)(=O)=O)=CC[C@@H]12. The van der Waals surface area contributed by atoms with Crippen molar-refractivity contribution < 1.29 is 13.5 Å². The summed E-state index contributed by atoms with van der Waals surface area (Å²) in [5, 5.41) is 10.0. The third-order valence-corrected chi connectivity index (χ3v) is 9.01. The second-order valence-electron chi connectivity index (χ2n) is 9.88. The van der Waals surface area contributed by atoms with Gasteiger partial charge >= 0.3 is 0 Å². The quantitative estimate of drug-likeness (QED) is 0.540. The summed E-state index contributed by atoms with van der Waals surface area (Å²) >= 11 is 0. The van der Waals surface area contributed by atoms with Crippen LogP contribution < -0.4 is 0 Å². The highest BCUT2D eigenvalue weighted by Gasteiger charge is 2.45. The summed E-state index contributed by atoms with van der Waals surface area (Å²) < 4.78 is 23.5. The molecule has 0 saturated heterocycles. The van der Waals surface area contributed by atoms with Gasteiger partial charge in [-0.05, 0) is 81.1 Å². The summed E-state index contributed by atoms with van der Waals surface area (Å²) in [6, 6.07) is 0. The zero-order chi connectivity index (χ0) is 22.1. The van der Waals surface area contributed by atoms with Crippen molar-refractivity contribution in [1.82, 2.24) is 0 Å². The van der Waals surface area contributed by atoms with Crippen molar-refractivity contribution >= 4 is 9.84 Å². The second kappa shape index (κ2) is 9.00. The van der Waals surface area contributed by atoms with E-state index in [0.717, 1.165) is 38.5 Å². The third-order valence-electron chi connectivity index (χ3n) is 7.67. The van der Waals surface area contributed by atoms with Crippen LogP contribution in [0.4, 0.5) is 0 Å². The Labute approximate surface area is 183 Å². The van der Waals surface area contributed by atoms with Gasteiger partial charge in [-0.15, -0.1) is 0 Å². The lowest BCUT2D eigenvalue weighted by atomic mass is 9.62. The monoisotopic (exact) mass is 430 g/mol. The summed E-state index contributed by atoms with van der Waals surface area (Å²) in [5.41, 5.74) is 5.56. The topological polar surface area (TPSA) is 54.4 Å². The molecule has 3 nitrogen and oxygen atoms in total. The smallest absolute Gasteiger partial charge is 0.171 e. The van der Waals surface area contributed by atoms with Gasteiger partial charge in [0.2, 0.25) is 0 Å². The molecular weight excluding hydrogens is 392 g/mol. The minimum atomic E-state index is -3.09. The van der Waals surface area contributed by atoms with Crippen molar-refractivity contribution in [1.29, 1.82) is 0 Å². The Morgan fingerprint density at radius 1 is 1.37 bits per heavy atom. The minimum absolute atomic E-state index is 0.165. The van der Waals surface area contributed by atoms with Crippen molar-refractivity contribution in [2.45, 2.75) is 78.2 Å². The van der Waals surface area contributed by atoms with Gasteiger partial charge in [-0.2, -0.15) is 0 Å². The van der Waals surface area contributed by atoms with E-state index in [4.69, 9.17) is 0 Å². The highest BCUT2D eigenvalue weighted by atomic mass is 32.2. The summed E-state index contributed by atoms with van der Waals surface area (Å²) in [5.74, 6) is 0.880. The number of sulfone groups is 1. The molecule has 0 aromatic carbocycles. The van der Waals surface area contributed by atoms with E-state index in [2.05, 4.69) is 38.7 Å². The zero-order valence-corrected chi connectivity index (χ0v) is 19.9. The maximum Gasteiger partial charge on any atom is 0.171 e. The summed E-state index contributed by atoms with van der Waals surface area (Å²) in [6.45, 7) is 10.5. The molecule has 0 radical (unpaired) electrons. The molecule has 3 aliphatic rings. The van der Waals surface area contributed by atoms with Crippen LogP contribution in [0, 0.1) is 17.3 Å². The fourth-order valence-corrected chi connectivity index (χ4v) is 6.03. The Morgan fingerprint density at radius 3 is 2.80 bits per heavy atom. The van der Waals surface area contributed by atoms with Gasteiger partial charge in [0.25, 0.3) is 0 Å². The molecule has 2 saturated carbocycles. The molecule has 0 spiro atoms. The fourth-order valence-electron chi connectivity index (χ4n) is 5.63. The highest BCUT2D eigenvalue weighted by Crippen LogP contribution is 2.57. The lowest BCUT2D eigenvalue weighted by Crippen LogP contribution is -2.32. The summed E-state index contributed by atoms with van der Waals surface area (Å²) in [4.78, 5) is 0.473. The van der Waals surface area contributed by atoms with Gasteiger partial charge in [0, 0.05) is 11.2 Å². The first-order valence-electron chi connectivity index (χ1n) is 11.4. The second-order valence-corrected chi connectivity index (χ2v) is 12.1. The van der Waals surface area contributed by atoms with E-state index in [0.29, 0.717) is 16.7 Å². The van der Waals surface area contributed by atoms with Gasteiger partial charge in [0.05, 0.1) is 6.10 Å². The molecular formula is C26H38O3S. The normalized spacial score (nSPS) is 34.2. The number of rotatable bonds is 5. The standard InChI is InChI=1S/C26H38O3S/c1-18-9-13-23(27)17-22(18)12-11-21-7-6-16-26(4)24(14-15-25(21)26)19(2)8-10-20(3)30(5,28)29/h10-12,14,19,23,25,27H,1,6-9,13,15-17H2,2-5H3/b20-10+,21-11+,22-12-/t19?,23-,25-,26+/m0/s1. The van der Waals surface area contributed by atoms with E-state index in [1.807, 2.05) is 6.08 Å². The molecule has 4 heteroatoms. The first kappa shape index (κ1) is 23.3. The zero-order valence-electron chi connectivity index (χ0n) is 19.1. The van der Waals surface area contributed by atoms with Crippen LogP contribution in [-0.4, -0.2) is 25.9 Å². The van der Waals surface area contributed by atoms with Crippen molar-refractivity contribution in [3.63, 3.8) is 0 Å². The molecule has 3 rings (SSSR count). The maximum atomic E-state index is 11.7. The van der Waals surface area contributed by atoms with E-state index < -0.39 is 9.84 Å². The third kappa shape index (κ3) is 4.91. The van der Waals surface area contributed by atoms with E-state index in [1.165, 1.54) is 41.4 Å². The first-order valence-corrected chi connectivity index (χ1v) is 13.2. The first-order chi connectivity index (χ1) is 14.0. The highest BCUT2D eigenvalue weighted by molar-refractivity contribution is 7.94. The molecule has 0 heterocycles. The van der Waals surface area contributed by atoms with Crippen molar-refractivity contribution in [2.75, 3.05) is 6.26 Å². The maximum absolute atomic E-state index is 11.7. The average molecular weight is 431 g/mol. The molecule has 166 valence electrons. The lowest BCUT2D eigenvalue weighted by molar-refractivity contribution is 0.158. The number of fused-ring (bicyclic) bond motifs is 1. The van der Waals surface area contributed by atoms with E-state index in [9.17, 15) is 13.5 Å². The Kier molecular flexibility index (Phi) is 6.98. The number of hydrogen-bond donors (Lipinski definition) is 1. The molecule has 1 N–H and O–H groups in total. The van der Waals surface area contributed by atoms with Crippen LogP contribution in [0.1, 0.15) is 72.1 Å². The van der Waals surface area contributed by atoms with Crippen molar-refractivity contribution in [3.05, 3.63) is 58.1 Å². The molecule has 1 unspecified atom stereocenters. The van der Waals surface area contributed by atoms with Gasteiger partial charge in [0.1, 0.15) is 0 Å². The lowest BCUT2D eigenvalue weighted by Gasteiger charge is -2.42. The predicted molar refractivity (Wildman–Crippen MR) is 126 cm³/mol. The average Bonchev–Trinajstić information content (AvgIpc) is 3.03. The van der Waals surface area contributed by atoms with E-state index in [1.54, 1.807) is 6.92 Å². The summed E-state index contributed by atoms with van der Waals surface area (Å²) in [6.07, 6.45) is 17.7.